The number of methoxy groups -OCH3 is 1. The van der Waals surface area contributed by atoms with E-state index in [9.17, 15) is 9.18 Å². The average molecular weight is 480 g/mol. The number of halogens is 1. The topological polar surface area (TPSA) is 62.6 Å². The predicted molar refractivity (Wildman–Crippen MR) is 136 cm³/mol. The van der Waals surface area contributed by atoms with Crippen molar-refractivity contribution in [2.75, 3.05) is 32.6 Å². The van der Waals surface area contributed by atoms with Crippen molar-refractivity contribution in [2.24, 2.45) is 0 Å². The molecule has 0 radical (unpaired) electrons. The van der Waals surface area contributed by atoms with E-state index in [4.69, 9.17) is 4.74 Å². The molecule has 1 N–H and O–H groups in total. The van der Waals surface area contributed by atoms with E-state index in [1.54, 1.807) is 36.3 Å². The predicted octanol–water partition coefficient (Wildman–Crippen LogP) is 5.11. The van der Waals surface area contributed by atoms with Gasteiger partial charge in [0.1, 0.15) is 11.6 Å². The quantitative estimate of drug-likeness (QED) is 0.512. The second-order valence-corrected chi connectivity index (χ2v) is 9.70. The molecule has 0 bridgehead atoms. The van der Waals surface area contributed by atoms with Crippen LogP contribution < -0.4 is 10.1 Å². The van der Waals surface area contributed by atoms with Crippen molar-refractivity contribution in [3.63, 3.8) is 0 Å². The lowest BCUT2D eigenvalue weighted by Gasteiger charge is -2.43. The standard InChI is InChI=1S/C27H34FN5O2/c1-17(2)23-10-20(18(3)9-26(23)35-6)13-33(22-14-31(5)15-22)27(34)30-21-7-8-25(24(28)11-21)32-12-19(4)29-16-32/h7-12,16-17,22H,13-15H2,1-6H3,(H,30,34). The zero-order valence-corrected chi connectivity index (χ0v) is 21.3. The number of anilines is 1. The SMILES string of the molecule is COc1cc(C)c(CN(C(=O)Nc2ccc(-n3cnc(C)c3)c(F)c2)C2CN(C)C2)cc1C(C)C. The van der Waals surface area contributed by atoms with Gasteiger partial charge in [-0.3, -0.25) is 0 Å². The lowest BCUT2D eigenvalue weighted by molar-refractivity contribution is 0.0737. The van der Waals surface area contributed by atoms with Crippen LogP contribution in [0.1, 0.15) is 42.1 Å². The van der Waals surface area contributed by atoms with Gasteiger partial charge in [-0.15, -0.1) is 0 Å². The first-order chi connectivity index (χ1) is 16.7. The fourth-order valence-electron chi connectivity index (χ4n) is 4.50. The van der Waals surface area contributed by atoms with Crippen LogP contribution in [0.2, 0.25) is 0 Å². The molecule has 1 fully saturated rings. The van der Waals surface area contributed by atoms with Crippen LogP contribution in [0.25, 0.3) is 5.69 Å². The van der Waals surface area contributed by atoms with Crippen molar-refractivity contribution in [1.82, 2.24) is 19.4 Å². The molecule has 1 aromatic heterocycles. The maximum atomic E-state index is 14.8. The minimum Gasteiger partial charge on any atom is -0.496 e. The van der Waals surface area contributed by atoms with Crippen molar-refractivity contribution < 1.29 is 13.9 Å². The van der Waals surface area contributed by atoms with Gasteiger partial charge in [0.2, 0.25) is 0 Å². The number of hydrogen-bond donors (Lipinski definition) is 1. The summed E-state index contributed by atoms with van der Waals surface area (Å²) in [6, 6.07) is 8.74. The molecular formula is C27H34FN5O2. The van der Waals surface area contributed by atoms with E-state index in [1.165, 1.54) is 6.07 Å². The van der Waals surface area contributed by atoms with E-state index >= 15 is 0 Å². The minimum atomic E-state index is -0.428. The Morgan fingerprint density at radius 1 is 1.26 bits per heavy atom. The third-order valence-corrected chi connectivity index (χ3v) is 6.59. The Hall–Kier alpha value is -3.39. The zero-order chi connectivity index (χ0) is 25.3. The van der Waals surface area contributed by atoms with Crippen LogP contribution in [0.15, 0.2) is 42.9 Å². The number of aryl methyl sites for hydroxylation is 2. The van der Waals surface area contributed by atoms with Gasteiger partial charge in [-0.1, -0.05) is 13.8 Å². The molecule has 0 unspecified atom stereocenters. The summed E-state index contributed by atoms with van der Waals surface area (Å²) < 4.78 is 22.1. The molecule has 3 aromatic rings. The van der Waals surface area contributed by atoms with E-state index in [0.29, 0.717) is 23.8 Å². The van der Waals surface area contributed by atoms with E-state index in [-0.39, 0.29) is 12.1 Å². The molecular weight excluding hydrogens is 445 g/mol. The highest BCUT2D eigenvalue weighted by atomic mass is 19.1. The summed E-state index contributed by atoms with van der Waals surface area (Å²) in [5, 5.41) is 2.91. The number of urea groups is 1. The number of hydrogen-bond acceptors (Lipinski definition) is 4. The van der Waals surface area contributed by atoms with Crippen molar-refractivity contribution >= 4 is 11.7 Å². The average Bonchev–Trinajstić information content (AvgIpc) is 3.21. The molecule has 0 saturated carbocycles. The summed E-state index contributed by atoms with van der Waals surface area (Å²) in [7, 11) is 3.72. The second kappa shape index (κ2) is 10.1. The van der Waals surface area contributed by atoms with Gasteiger partial charge in [0.15, 0.2) is 0 Å². The summed E-state index contributed by atoms with van der Waals surface area (Å²) in [6.07, 6.45) is 3.33. The number of rotatable bonds is 7. The van der Waals surface area contributed by atoms with Crippen LogP contribution in [0, 0.1) is 19.7 Å². The number of imidazole rings is 1. The number of carbonyl (C=O) groups excluding carboxylic acids is 1. The number of benzene rings is 2. The Labute approximate surface area is 206 Å². The maximum Gasteiger partial charge on any atom is 0.322 e. The largest absolute Gasteiger partial charge is 0.496 e. The van der Waals surface area contributed by atoms with Gasteiger partial charge in [0.25, 0.3) is 0 Å². The van der Waals surface area contributed by atoms with Crippen molar-refractivity contribution in [1.29, 1.82) is 0 Å². The molecule has 2 amide bonds. The summed E-state index contributed by atoms with van der Waals surface area (Å²) in [5.74, 6) is 0.731. The molecule has 2 heterocycles. The van der Waals surface area contributed by atoms with Gasteiger partial charge in [0.05, 0.1) is 30.9 Å². The van der Waals surface area contributed by atoms with E-state index in [2.05, 4.69) is 35.1 Å². The minimum absolute atomic E-state index is 0.0852. The highest BCUT2D eigenvalue weighted by molar-refractivity contribution is 5.89. The molecule has 1 aliphatic heterocycles. The molecule has 4 rings (SSSR count). The van der Waals surface area contributed by atoms with Crippen LogP contribution in [0.3, 0.4) is 0 Å². The van der Waals surface area contributed by atoms with Gasteiger partial charge >= 0.3 is 6.03 Å². The fourth-order valence-corrected chi connectivity index (χ4v) is 4.50. The number of ether oxygens (including phenoxy) is 1. The third-order valence-electron chi connectivity index (χ3n) is 6.59. The Morgan fingerprint density at radius 2 is 2.00 bits per heavy atom. The van der Waals surface area contributed by atoms with E-state index in [0.717, 1.165) is 41.2 Å². The van der Waals surface area contributed by atoms with Crippen LogP contribution in [0.5, 0.6) is 5.75 Å². The number of aromatic nitrogens is 2. The summed E-state index contributed by atoms with van der Waals surface area (Å²) in [6.45, 7) is 10.2. The van der Waals surface area contributed by atoms with Crippen molar-refractivity contribution in [3.05, 3.63) is 71.1 Å². The summed E-state index contributed by atoms with van der Waals surface area (Å²) in [4.78, 5) is 21.6. The first-order valence-corrected chi connectivity index (χ1v) is 11.9. The number of nitrogens with zero attached hydrogens (tertiary/aromatic N) is 4. The Kier molecular flexibility index (Phi) is 7.12. The van der Waals surface area contributed by atoms with Crippen molar-refractivity contribution in [2.45, 2.75) is 46.2 Å². The van der Waals surface area contributed by atoms with Gasteiger partial charge in [-0.05, 0) is 73.8 Å². The summed E-state index contributed by atoms with van der Waals surface area (Å²) in [5.41, 5.74) is 4.87. The lowest BCUT2D eigenvalue weighted by atomic mass is 9.95. The summed E-state index contributed by atoms with van der Waals surface area (Å²) >= 11 is 0. The molecule has 0 spiro atoms. The highest BCUT2D eigenvalue weighted by Crippen LogP contribution is 2.31. The molecule has 186 valence electrons. The molecule has 1 aliphatic rings. The molecule has 35 heavy (non-hydrogen) atoms. The zero-order valence-electron chi connectivity index (χ0n) is 21.3. The Morgan fingerprint density at radius 3 is 2.57 bits per heavy atom. The van der Waals surface area contributed by atoms with Gasteiger partial charge in [-0.2, -0.15) is 0 Å². The number of likely N-dealkylation sites (N-methyl/N-ethyl adjacent to an activating group) is 1. The monoisotopic (exact) mass is 479 g/mol. The Balaban J connectivity index is 1.57. The fraction of sp³-hybridized carbons (Fsp3) is 0.407. The molecule has 8 heteroatoms. The third kappa shape index (κ3) is 5.32. The first kappa shape index (κ1) is 24.7. The molecule has 0 atom stereocenters. The first-order valence-electron chi connectivity index (χ1n) is 11.9. The molecule has 2 aromatic carbocycles. The van der Waals surface area contributed by atoms with Crippen LogP contribution in [-0.2, 0) is 6.54 Å². The van der Waals surface area contributed by atoms with Crippen LogP contribution in [-0.4, -0.2) is 58.7 Å². The van der Waals surface area contributed by atoms with Crippen LogP contribution in [0.4, 0.5) is 14.9 Å². The normalized spacial score (nSPS) is 14.2. The second-order valence-electron chi connectivity index (χ2n) is 9.70. The number of amides is 2. The van der Waals surface area contributed by atoms with Gasteiger partial charge in [-0.25, -0.2) is 14.2 Å². The van der Waals surface area contributed by atoms with Gasteiger partial charge in [0, 0.05) is 31.5 Å². The number of carbonyl (C=O) groups is 1. The number of likely N-dealkylation sites (tertiary alicyclic amines) is 1. The molecule has 1 saturated heterocycles. The number of nitrogens with one attached hydrogen (secondary N) is 1. The van der Waals surface area contributed by atoms with E-state index in [1.807, 2.05) is 31.9 Å². The van der Waals surface area contributed by atoms with E-state index < -0.39 is 5.82 Å². The molecule has 0 aliphatic carbocycles. The molecule has 7 nitrogen and oxygen atoms in total. The van der Waals surface area contributed by atoms with Crippen molar-refractivity contribution in [3.8, 4) is 11.4 Å². The maximum absolute atomic E-state index is 14.8. The van der Waals surface area contributed by atoms with Gasteiger partial charge < -0.3 is 24.4 Å². The Bertz CT molecular complexity index is 1220. The highest BCUT2D eigenvalue weighted by Gasteiger charge is 2.33. The lowest BCUT2D eigenvalue weighted by Crippen LogP contribution is -2.59. The van der Waals surface area contributed by atoms with Crippen LogP contribution >= 0.6 is 0 Å². The smallest absolute Gasteiger partial charge is 0.322 e.